The van der Waals surface area contributed by atoms with Crippen LogP contribution in [0.4, 0.5) is 0 Å². The summed E-state index contributed by atoms with van der Waals surface area (Å²) in [4.78, 5) is 21.8. The second-order valence-corrected chi connectivity index (χ2v) is 4.53. The van der Waals surface area contributed by atoms with Gasteiger partial charge in [0, 0.05) is 13.0 Å². The fourth-order valence-electron chi connectivity index (χ4n) is 1.48. The van der Waals surface area contributed by atoms with Crippen LogP contribution in [0, 0.1) is 13.8 Å². The van der Waals surface area contributed by atoms with Crippen LogP contribution in [0.3, 0.4) is 0 Å². The number of carbonyl (C=O) groups excluding carboxylic acids is 1. The van der Waals surface area contributed by atoms with Crippen molar-refractivity contribution in [2.24, 2.45) is 0 Å². The quantitative estimate of drug-likeness (QED) is 0.681. The van der Waals surface area contributed by atoms with Gasteiger partial charge >= 0.3 is 5.97 Å². The van der Waals surface area contributed by atoms with Crippen molar-refractivity contribution in [2.45, 2.75) is 26.4 Å². The molecule has 1 aromatic carbocycles. The molecule has 6 heteroatoms. The van der Waals surface area contributed by atoms with E-state index in [4.69, 9.17) is 14.9 Å². The van der Waals surface area contributed by atoms with Crippen LogP contribution in [0.15, 0.2) is 18.2 Å². The zero-order valence-corrected chi connectivity index (χ0v) is 11.5. The van der Waals surface area contributed by atoms with Crippen molar-refractivity contribution in [3.05, 3.63) is 29.3 Å². The number of hydrogen-bond donors (Lipinski definition) is 3. The highest BCUT2D eigenvalue weighted by Crippen LogP contribution is 2.16. The molecule has 6 nitrogen and oxygen atoms in total. The lowest BCUT2D eigenvalue weighted by atomic mass is 10.1. The molecule has 0 spiro atoms. The van der Waals surface area contributed by atoms with Gasteiger partial charge in [-0.25, -0.2) is 4.79 Å². The average Bonchev–Trinajstić information content (AvgIpc) is 2.40. The van der Waals surface area contributed by atoms with E-state index in [1.165, 1.54) is 0 Å². The Hall–Kier alpha value is -2.08. The van der Waals surface area contributed by atoms with Crippen molar-refractivity contribution in [3.8, 4) is 5.75 Å². The molecule has 1 unspecified atom stereocenters. The Morgan fingerprint density at radius 1 is 1.30 bits per heavy atom. The molecule has 110 valence electrons. The summed E-state index contributed by atoms with van der Waals surface area (Å²) in [5.74, 6) is -1.06. The number of aliphatic carboxylic acids is 1. The van der Waals surface area contributed by atoms with Crippen LogP contribution in [-0.4, -0.2) is 41.3 Å². The summed E-state index contributed by atoms with van der Waals surface area (Å²) < 4.78 is 5.32. The third-order valence-electron chi connectivity index (χ3n) is 2.87. The first-order valence-corrected chi connectivity index (χ1v) is 6.27. The van der Waals surface area contributed by atoms with Crippen molar-refractivity contribution in [1.82, 2.24) is 5.32 Å². The van der Waals surface area contributed by atoms with Gasteiger partial charge in [-0.15, -0.1) is 0 Å². The number of rotatable bonds is 7. The molecule has 20 heavy (non-hydrogen) atoms. The van der Waals surface area contributed by atoms with Gasteiger partial charge in [-0.3, -0.25) is 4.79 Å². The number of carboxylic acids is 1. The minimum Gasteiger partial charge on any atom is -0.484 e. The molecule has 1 rings (SSSR count). The topological polar surface area (TPSA) is 95.9 Å². The van der Waals surface area contributed by atoms with E-state index in [-0.39, 0.29) is 25.5 Å². The molecule has 0 aliphatic carbocycles. The molecule has 0 aliphatic heterocycles. The SMILES string of the molecule is Cc1ccc(OCC(=O)NCCC(O)C(=O)O)cc1C. The Balaban J connectivity index is 2.29. The number of nitrogens with one attached hydrogen (secondary N) is 1. The zero-order chi connectivity index (χ0) is 15.1. The number of carboxylic acid groups (broad SMARTS) is 1. The molecule has 0 bridgehead atoms. The highest BCUT2D eigenvalue weighted by Gasteiger charge is 2.12. The molecule has 0 heterocycles. The van der Waals surface area contributed by atoms with Crippen LogP contribution in [0.1, 0.15) is 17.5 Å². The van der Waals surface area contributed by atoms with E-state index in [1.807, 2.05) is 26.0 Å². The van der Waals surface area contributed by atoms with Crippen LogP contribution < -0.4 is 10.1 Å². The van der Waals surface area contributed by atoms with Crippen molar-refractivity contribution in [1.29, 1.82) is 0 Å². The van der Waals surface area contributed by atoms with Gasteiger partial charge in [0.25, 0.3) is 5.91 Å². The molecule has 0 aliphatic rings. The molecular weight excluding hydrogens is 262 g/mol. The Morgan fingerprint density at radius 3 is 2.60 bits per heavy atom. The lowest BCUT2D eigenvalue weighted by Crippen LogP contribution is -2.33. The number of aryl methyl sites for hydroxylation is 2. The maximum absolute atomic E-state index is 11.5. The lowest BCUT2D eigenvalue weighted by Gasteiger charge is -2.09. The molecule has 1 amide bonds. The van der Waals surface area contributed by atoms with Crippen LogP contribution in [-0.2, 0) is 9.59 Å². The number of benzene rings is 1. The van der Waals surface area contributed by atoms with E-state index in [1.54, 1.807) is 6.07 Å². The van der Waals surface area contributed by atoms with Crippen LogP contribution in [0.2, 0.25) is 0 Å². The Kier molecular flexibility index (Phi) is 5.99. The van der Waals surface area contributed by atoms with E-state index in [2.05, 4.69) is 5.32 Å². The first-order chi connectivity index (χ1) is 9.40. The van der Waals surface area contributed by atoms with E-state index in [0.717, 1.165) is 11.1 Å². The van der Waals surface area contributed by atoms with Crippen molar-refractivity contribution in [2.75, 3.05) is 13.2 Å². The number of amides is 1. The summed E-state index contributed by atoms with van der Waals surface area (Å²) in [5, 5.41) is 20.0. The van der Waals surface area contributed by atoms with Crippen molar-refractivity contribution in [3.63, 3.8) is 0 Å². The lowest BCUT2D eigenvalue weighted by molar-refractivity contribution is -0.147. The zero-order valence-electron chi connectivity index (χ0n) is 11.5. The first-order valence-electron chi connectivity index (χ1n) is 6.27. The smallest absolute Gasteiger partial charge is 0.332 e. The summed E-state index contributed by atoms with van der Waals surface area (Å²) in [6.07, 6.45) is -1.50. The van der Waals surface area contributed by atoms with E-state index in [9.17, 15) is 9.59 Å². The fourth-order valence-corrected chi connectivity index (χ4v) is 1.48. The number of aliphatic hydroxyl groups is 1. The molecule has 0 aromatic heterocycles. The van der Waals surface area contributed by atoms with Crippen LogP contribution in [0.5, 0.6) is 5.75 Å². The van der Waals surface area contributed by atoms with Crippen LogP contribution in [0.25, 0.3) is 0 Å². The predicted octanol–water partition coefficient (Wildman–Crippen LogP) is 0.634. The van der Waals surface area contributed by atoms with Gasteiger partial charge in [0.15, 0.2) is 12.7 Å². The Bertz CT molecular complexity index is 486. The molecule has 0 saturated heterocycles. The fraction of sp³-hybridized carbons (Fsp3) is 0.429. The predicted molar refractivity (Wildman–Crippen MR) is 72.7 cm³/mol. The largest absolute Gasteiger partial charge is 0.484 e. The third kappa shape index (κ3) is 5.27. The molecule has 0 saturated carbocycles. The third-order valence-corrected chi connectivity index (χ3v) is 2.87. The molecule has 3 N–H and O–H groups in total. The molecule has 0 radical (unpaired) electrons. The minimum absolute atomic E-state index is 0.0370. The van der Waals surface area contributed by atoms with Gasteiger partial charge in [0.05, 0.1) is 0 Å². The molecule has 0 fully saturated rings. The van der Waals surface area contributed by atoms with E-state index >= 15 is 0 Å². The minimum atomic E-state index is -1.46. The van der Waals surface area contributed by atoms with E-state index in [0.29, 0.717) is 5.75 Å². The van der Waals surface area contributed by atoms with Crippen LogP contribution >= 0.6 is 0 Å². The Morgan fingerprint density at radius 2 is 2.00 bits per heavy atom. The number of carbonyl (C=O) groups is 2. The molecule has 1 aromatic rings. The maximum Gasteiger partial charge on any atom is 0.332 e. The first kappa shape index (κ1) is 16.0. The monoisotopic (exact) mass is 281 g/mol. The second kappa shape index (κ2) is 7.49. The van der Waals surface area contributed by atoms with Gasteiger partial charge in [-0.2, -0.15) is 0 Å². The van der Waals surface area contributed by atoms with Gasteiger partial charge in [-0.05, 0) is 37.1 Å². The molecule has 1 atom stereocenters. The van der Waals surface area contributed by atoms with Gasteiger partial charge in [0.1, 0.15) is 5.75 Å². The van der Waals surface area contributed by atoms with Crippen molar-refractivity contribution < 1.29 is 24.5 Å². The summed E-state index contributed by atoms with van der Waals surface area (Å²) in [7, 11) is 0. The highest BCUT2D eigenvalue weighted by atomic mass is 16.5. The van der Waals surface area contributed by atoms with E-state index < -0.39 is 12.1 Å². The number of hydrogen-bond acceptors (Lipinski definition) is 4. The summed E-state index contributed by atoms with van der Waals surface area (Å²) in [6, 6.07) is 5.53. The van der Waals surface area contributed by atoms with Crippen molar-refractivity contribution >= 4 is 11.9 Å². The summed E-state index contributed by atoms with van der Waals surface area (Å²) in [5.41, 5.74) is 2.22. The standard InChI is InChI=1S/C14H19NO5/c1-9-3-4-11(7-10(9)2)20-8-13(17)15-6-5-12(16)14(18)19/h3-4,7,12,16H,5-6,8H2,1-2H3,(H,15,17)(H,18,19). The summed E-state index contributed by atoms with van der Waals surface area (Å²) >= 11 is 0. The highest BCUT2D eigenvalue weighted by molar-refractivity contribution is 5.77. The maximum atomic E-state index is 11.5. The van der Waals surface area contributed by atoms with Gasteiger partial charge in [0.2, 0.25) is 0 Å². The Labute approximate surface area is 117 Å². The summed E-state index contributed by atoms with van der Waals surface area (Å²) in [6.45, 7) is 3.88. The molecular formula is C14H19NO5. The normalized spacial score (nSPS) is 11.8. The van der Waals surface area contributed by atoms with Gasteiger partial charge in [-0.1, -0.05) is 6.07 Å². The number of ether oxygens (including phenoxy) is 1. The second-order valence-electron chi connectivity index (χ2n) is 4.53. The number of aliphatic hydroxyl groups excluding tert-OH is 1. The average molecular weight is 281 g/mol. The van der Waals surface area contributed by atoms with Gasteiger partial charge < -0.3 is 20.3 Å².